The summed E-state index contributed by atoms with van der Waals surface area (Å²) >= 11 is 0. The molecule has 0 radical (unpaired) electrons. The minimum Gasteiger partial charge on any atom is -0.338 e. The van der Waals surface area contributed by atoms with Crippen LogP contribution in [0.2, 0.25) is 0 Å². The molecule has 2 aromatic carbocycles. The molecule has 1 fully saturated rings. The van der Waals surface area contributed by atoms with Gasteiger partial charge in [0.15, 0.2) is 0 Å². The van der Waals surface area contributed by atoms with Gasteiger partial charge in [0.25, 0.3) is 0 Å². The molecule has 1 aliphatic rings. The first kappa shape index (κ1) is 23.2. The van der Waals surface area contributed by atoms with Gasteiger partial charge in [0, 0.05) is 32.7 Å². The predicted octanol–water partition coefficient (Wildman–Crippen LogP) is 4.14. The van der Waals surface area contributed by atoms with E-state index in [1.807, 2.05) is 35.2 Å². The van der Waals surface area contributed by atoms with Crippen molar-refractivity contribution < 1.29 is 9.18 Å². The summed E-state index contributed by atoms with van der Waals surface area (Å²) in [7, 11) is 0. The largest absolute Gasteiger partial charge is 0.338 e. The third kappa shape index (κ3) is 8.03. The lowest BCUT2D eigenvalue weighted by atomic mass is 10.1. The Bertz CT molecular complexity index is 719. The number of halogens is 2. The number of benzene rings is 2. The van der Waals surface area contributed by atoms with Gasteiger partial charge in [-0.25, -0.2) is 9.18 Å². The van der Waals surface area contributed by atoms with Crippen LogP contribution in [-0.4, -0.2) is 55.1 Å². The molecule has 0 aromatic heterocycles. The Morgan fingerprint density at radius 1 is 0.862 bits per heavy atom. The predicted molar refractivity (Wildman–Crippen MR) is 118 cm³/mol. The number of unbranched alkanes of at least 4 members (excludes halogenated alkanes) is 1. The van der Waals surface area contributed by atoms with Gasteiger partial charge in [-0.1, -0.05) is 42.5 Å². The fraction of sp³-hybridized carbons (Fsp3) is 0.435. The standard InChI is InChI=1S/C23H30FN3O.ClH/c24-22-11-9-21(10-12-22)8-4-5-15-26-16-18-27(19-17-26)23(28)25-14-13-20-6-2-1-3-7-20;/h1-3,6-7,9-12H,4-5,8,13-19H2,(H,25,28);1H. The van der Waals surface area contributed by atoms with E-state index in [1.54, 1.807) is 0 Å². The SMILES string of the molecule is Cl.O=C(NCCc1ccccc1)N1CCN(CCCCc2ccc(F)cc2)CC1. The van der Waals surface area contributed by atoms with Gasteiger partial charge in [0.05, 0.1) is 0 Å². The molecule has 0 saturated carbocycles. The summed E-state index contributed by atoms with van der Waals surface area (Å²) in [6, 6.07) is 17.1. The zero-order valence-corrected chi connectivity index (χ0v) is 17.7. The van der Waals surface area contributed by atoms with Crippen LogP contribution in [0.4, 0.5) is 9.18 Å². The lowest BCUT2D eigenvalue weighted by Gasteiger charge is -2.34. The molecule has 1 heterocycles. The molecule has 0 aliphatic carbocycles. The number of rotatable bonds is 8. The Labute approximate surface area is 179 Å². The first-order valence-corrected chi connectivity index (χ1v) is 10.2. The van der Waals surface area contributed by atoms with Gasteiger partial charge in [0.2, 0.25) is 0 Å². The van der Waals surface area contributed by atoms with E-state index in [9.17, 15) is 9.18 Å². The monoisotopic (exact) mass is 419 g/mol. The first-order valence-electron chi connectivity index (χ1n) is 10.2. The van der Waals surface area contributed by atoms with Crippen LogP contribution in [0.1, 0.15) is 24.0 Å². The molecular formula is C23H31ClFN3O. The summed E-state index contributed by atoms with van der Waals surface area (Å²) in [5, 5.41) is 3.03. The van der Waals surface area contributed by atoms with Crippen molar-refractivity contribution in [3.63, 3.8) is 0 Å². The molecule has 0 unspecified atom stereocenters. The molecule has 0 bridgehead atoms. The van der Waals surface area contributed by atoms with Crippen LogP contribution in [0.5, 0.6) is 0 Å². The Balaban J connectivity index is 0.00000300. The second-order valence-electron chi connectivity index (χ2n) is 7.38. The molecule has 1 aliphatic heterocycles. The van der Waals surface area contributed by atoms with Crippen LogP contribution in [0.3, 0.4) is 0 Å². The number of urea groups is 1. The molecular weight excluding hydrogens is 389 g/mol. The molecule has 6 heteroatoms. The number of piperazine rings is 1. The summed E-state index contributed by atoms with van der Waals surface area (Å²) in [6.07, 6.45) is 4.08. The van der Waals surface area contributed by atoms with E-state index in [2.05, 4.69) is 22.3 Å². The molecule has 0 atom stereocenters. The summed E-state index contributed by atoms with van der Waals surface area (Å²) in [6.45, 7) is 5.17. The lowest BCUT2D eigenvalue weighted by molar-refractivity contribution is 0.138. The van der Waals surface area contributed by atoms with Gasteiger partial charge in [-0.15, -0.1) is 12.4 Å². The number of nitrogens with one attached hydrogen (secondary N) is 1. The molecule has 0 spiro atoms. The van der Waals surface area contributed by atoms with E-state index in [-0.39, 0.29) is 24.3 Å². The molecule has 2 amide bonds. The van der Waals surface area contributed by atoms with Crippen molar-refractivity contribution in [3.8, 4) is 0 Å². The van der Waals surface area contributed by atoms with Gasteiger partial charge in [0.1, 0.15) is 5.82 Å². The number of aryl methyl sites for hydroxylation is 1. The van der Waals surface area contributed by atoms with Gasteiger partial charge in [-0.05, 0) is 55.5 Å². The summed E-state index contributed by atoms with van der Waals surface area (Å²) in [5.41, 5.74) is 2.44. The number of carbonyl (C=O) groups is 1. The third-order valence-electron chi connectivity index (χ3n) is 5.30. The van der Waals surface area contributed by atoms with Crippen molar-refractivity contribution in [2.75, 3.05) is 39.3 Å². The van der Waals surface area contributed by atoms with Crippen LogP contribution in [0, 0.1) is 5.82 Å². The van der Waals surface area contributed by atoms with Crippen LogP contribution < -0.4 is 5.32 Å². The van der Waals surface area contributed by atoms with E-state index < -0.39 is 0 Å². The van der Waals surface area contributed by atoms with Gasteiger partial charge in [-0.2, -0.15) is 0 Å². The van der Waals surface area contributed by atoms with Crippen LogP contribution in [0.15, 0.2) is 54.6 Å². The second kappa shape index (κ2) is 12.5. The highest BCUT2D eigenvalue weighted by atomic mass is 35.5. The van der Waals surface area contributed by atoms with Crippen molar-refractivity contribution in [2.24, 2.45) is 0 Å². The molecule has 29 heavy (non-hydrogen) atoms. The number of carbonyl (C=O) groups excluding carboxylic acids is 1. The topological polar surface area (TPSA) is 35.6 Å². The highest BCUT2D eigenvalue weighted by molar-refractivity contribution is 5.85. The van der Waals surface area contributed by atoms with Crippen molar-refractivity contribution in [1.82, 2.24) is 15.1 Å². The highest BCUT2D eigenvalue weighted by Gasteiger charge is 2.20. The average molecular weight is 420 g/mol. The maximum absolute atomic E-state index is 12.9. The average Bonchev–Trinajstić information content (AvgIpc) is 2.73. The van der Waals surface area contributed by atoms with E-state index in [0.29, 0.717) is 6.54 Å². The summed E-state index contributed by atoms with van der Waals surface area (Å²) in [4.78, 5) is 16.7. The Kier molecular flexibility index (Phi) is 9.95. The zero-order chi connectivity index (χ0) is 19.6. The third-order valence-corrected chi connectivity index (χ3v) is 5.30. The van der Waals surface area contributed by atoms with Crippen molar-refractivity contribution >= 4 is 18.4 Å². The Morgan fingerprint density at radius 3 is 2.21 bits per heavy atom. The number of hydrogen-bond donors (Lipinski definition) is 1. The minimum absolute atomic E-state index is 0. The molecule has 158 valence electrons. The quantitative estimate of drug-likeness (QED) is 0.653. The van der Waals surface area contributed by atoms with E-state index in [4.69, 9.17) is 0 Å². The fourth-order valence-electron chi connectivity index (χ4n) is 3.56. The Hall–Kier alpha value is -2.11. The first-order chi connectivity index (χ1) is 13.7. The van der Waals surface area contributed by atoms with Crippen LogP contribution in [-0.2, 0) is 12.8 Å². The van der Waals surface area contributed by atoms with Crippen molar-refractivity contribution in [3.05, 3.63) is 71.5 Å². The fourth-order valence-corrected chi connectivity index (χ4v) is 3.56. The summed E-state index contributed by atoms with van der Waals surface area (Å²) < 4.78 is 12.9. The van der Waals surface area contributed by atoms with Gasteiger partial charge >= 0.3 is 6.03 Å². The smallest absolute Gasteiger partial charge is 0.317 e. The maximum Gasteiger partial charge on any atom is 0.317 e. The van der Waals surface area contributed by atoms with Crippen molar-refractivity contribution in [1.29, 1.82) is 0 Å². The van der Waals surface area contributed by atoms with Crippen molar-refractivity contribution in [2.45, 2.75) is 25.7 Å². The Morgan fingerprint density at radius 2 is 1.52 bits per heavy atom. The van der Waals surface area contributed by atoms with E-state index in [0.717, 1.165) is 58.4 Å². The molecule has 2 aromatic rings. The molecule has 4 nitrogen and oxygen atoms in total. The number of hydrogen-bond acceptors (Lipinski definition) is 2. The molecule has 1 N–H and O–H groups in total. The second-order valence-corrected chi connectivity index (χ2v) is 7.38. The molecule has 1 saturated heterocycles. The normalized spacial score (nSPS) is 14.3. The van der Waals surface area contributed by atoms with Crippen LogP contribution in [0.25, 0.3) is 0 Å². The van der Waals surface area contributed by atoms with Gasteiger partial charge < -0.3 is 10.2 Å². The van der Waals surface area contributed by atoms with E-state index in [1.165, 1.54) is 23.3 Å². The number of nitrogens with zero attached hydrogens (tertiary/aromatic N) is 2. The van der Waals surface area contributed by atoms with Gasteiger partial charge in [-0.3, -0.25) is 4.90 Å². The highest BCUT2D eigenvalue weighted by Crippen LogP contribution is 2.09. The molecule has 3 rings (SSSR count). The number of amides is 2. The zero-order valence-electron chi connectivity index (χ0n) is 16.9. The lowest BCUT2D eigenvalue weighted by Crippen LogP contribution is -2.52. The maximum atomic E-state index is 12.9. The van der Waals surface area contributed by atoms with E-state index >= 15 is 0 Å². The van der Waals surface area contributed by atoms with Crippen LogP contribution >= 0.6 is 12.4 Å². The summed E-state index contributed by atoms with van der Waals surface area (Å²) in [5.74, 6) is -0.175. The minimum atomic E-state index is -0.175.